The molecule has 0 aliphatic heterocycles. The molecular formula is C20H25N. The third kappa shape index (κ3) is 5.03. The lowest BCUT2D eigenvalue weighted by atomic mass is 9.95. The van der Waals surface area contributed by atoms with Crippen LogP contribution in [0.15, 0.2) is 64.7 Å². The van der Waals surface area contributed by atoms with E-state index >= 15 is 0 Å². The molecule has 0 saturated carbocycles. The number of hydrogen-bond acceptors (Lipinski definition) is 1. The van der Waals surface area contributed by atoms with E-state index in [2.05, 4.69) is 69.6 Å². The van der Waals surface area contributed by atoms with Crippen molar-refractivity contribution in [2.24, 2.45) is 4.99 Å². The molecule has 1 aromatic rings. The summed E-state index contributed by atoms with van der Waals surface area (Å²) in [4.78, 5) is 4.09. The first-order chi connectivity index (χ1) is 9.99. The minimum absolute atomic E-state index is 1.15. The van der Waals surface area contributed by atoms with E-state index in [0.717, 1.165) is 5.56 Å². The lowest BCUT2D eigenvalue weighted by molar-refractivity contribution is 1.37. The van der Waals surface area contributed by atoms with E-state index in [1.165, 1.54) is 27.9 Å². The Morgan fingerprint density at radius 2 is 1.67 bits per heavy atom. The Morgan fingerprint density at radius 3 is 2.24 bits per heavy atom. The summed E-state index contributed by atoms with van der Waals surface area (Å²) in [5.41, 5.74) is 7.21. The molecule has 1 aromatic carbocycles. The van der Waals surface area contributed by atoms with Gasteiger partial charge in [0.25, 0.3) is 0 Å². The van der Waals surface area contributed by atoms with E-state index < -0.39 is 0 Å². The molecule has 0 N–H and O–H groups in total. The van der Waals surface area contributed by atoms with Gasteiger partial charge in [-0.1, -0.05) is 54.6 Å². The molecule has 0 aromatic heterocycles. The van der Waals surface area contributed by atoms with Gasteiger partial charge in [0.05, 0.1) is 0 Å². The highest BCUT2D eigenvalue weighted by atomic mass is 14.6. The fraction of sp³-hybridized carbons (Fsp3) is 0.250. The maximum atomic E-state index is 4.09. The van der Waals surface area contributed by atoms with Gasteiger partial charge in [-0.05, 0) is 55.5 Å². The van der Waals surface area contributed by atoms with Crippen molar-refractivity contribution in [2.75, 3.05) is 7.05 Å². The Hall–Kier alpha value is -2.15. The minimum atomic E-state index is 1.15. The van der Waals surface area contributed by atoms with Crippen molar-refractivity contribution in [3.05, 3.63) is 70.8 Å². The molecule has 110 valence electrons. The summed E-state index contributed by atoms with van der Waals surface area (Å²) < 4.78 is 0. The lowest BCUT2D eigenvalue weighted by Gasteiger charge is -2.09. The number of hydrogen-bond donors (Lipinski definition) is 0. The maximum Gasteiger partial charge on any atom is 0.0277 e. The van der Waals surface area contributed by atoms with Gasteiger partial charge in [-0.25, -0.2) is 0 Å². The van der Waals surface area contributed by atoms with Crippen LogP contribution in [0.4, 0.5) is 0 Å². The van der Waals surface area contributed by atoms with Crippen LogP contribution in [0.2, 0.25) is 0 Å². The SMILES string of the molecule is C=Cc1ccccc1/C(C=C(C)C)=C/C(C)=C(\C)C=NC. The van der Waals surface area contributed by atoms with Crippen LogP contribution >= 0.6 is 0 Å². The van der Waals surface area contributed by atoms with Crippen LogP contribution in [0.5, 0.6) is 0 Å². The Balaban J connectivity index is 3.47. The first-order valence-corrected chi connectivity index (χ1v) is 7.17. The zero-order chi connectivity index (χ0) is 15.8. The van der Waals surface area contributed by atoms with Crippen LogP contribution in [-0.2, 0) is 0 Å². The summed E-state index contributed by atoms with van der Waals surface area (Å²) in [5, 5.41) is 0. The second-order valence-electron chi connectivity index (χ2n) is 5.37. The summed E-state index contributed by atoms with van der Waals surface area (Å²) in [6, 6.07) is 8.33. The van der Waals surface area contributed by atoms with Crippen molar-refractivity contribution in [1.29, 1.82) is 0 Å². The Bertz CT molecular complexity index is 621. The lowest BCUT2D eigenvalue weighted by Crippen LogP contribution is -1.90. The molecule has 0 bridgehead atoms. The van der Waals surface area contributed by atoms with E-state index in [-0.39, 0.29) is 0 Å². The van der Waals surface area contributed by atoms with Crippen LogP contribution in [0.1, 0.15) is 38.8 Å². The van der Waals surface area contributed by atoms with E-state index in [1.807, 2.05) is 18.4 Å². The molecule has 21 heavy (non-hydrogen) atoms. The number of rotatable bonds is 5. The third-order valence-electron chi connectivity index (χ3n) is 3.25. The van der Waals surface area contributed by atoms with Gasteiger partial charge in [-0.2, -0.15) is 0 Å². The van der Waals surface area contributed by atoms with E-state index in [0.29, 0.717) is 0 Å². The second-order valence-corrected chi connectivity index (χ2v) is 5.37. The topological polar surface area (TPSA) is 12.4 Å². The average Bonchev–Trinajstić information content (AvgIpc) is 2.46. The predicted molar refractivity (Wildman–Crippen MR) is 96.7 cm³/mol. The Morgan fingerprint density at radius 1 is 1.00 bits per heavy atom. The minimum Gasteiger partial charge on any atom is -0.296 e. The van der Waals surface area contributed by atoms with Crippen LogP contribution in [-0.4, -0.2) is 13.3 Å². The summed E-state index contributed by atoms with van der Waals surface area (Å²) in [5.74, 6) is 0. The highest BCUT2D eigenvalue weighted by molar-refractivity contribution is 5.85. The van der Waals surface area contributed by atoms with Gasteiger partial charge in [0.2, 0.25) is 0 Å². The van der Waals surface area contributed by atoms with E-state index in [4.69, 9.17) is 0 Å². The highest BCUT2D eigenvalue weighted by Crippen LogP contribution is 2.24. The average molecular weight is 279 g/mol. The molecule has 0 aliphatic rings. The van der Waals surface area contributed by atoms with E-state index in [1.54, 1.807) is 7.05 Å². The van der Waals surface area contributed by atoms with Crippen LogP contribution in [0, 0.1) is 0 Å². The molecule has 0 spiro atoms. The molecule has 0 aliphatic carbocycles. The fourth-order valence-electron chi connectivity index (χ4n) is 2.09. The zero-order valence-corrected chi connectivity index (χ0v) is 13.8. The zero-order valence-electron chi connectivity index (χ0n) is 13.8. The molecule has 0 atom stereocenters. The maximum absolute atomic E-state index is 4.09. The molecule has 1 heteroatoms. The highest BCUT2D eigenvalue weighted by Gasteiger charge is 2.04. The molecule has 0 saturated heterocycles. The van der Waals surface area contributed by atoms with Gasteiger partial charge in [0, 0.05) is 13.3 Å². The largest absolute Gasteiger partial charge is 0.296 e. The third-order valence-corrected chi connectivity index (χ3v) is 3.25. The predicted octanol–water partition coefficient (Wildman–Crippen LogP) is 5.72. The van der Waals surface area contributed by atoms with Gasteiger partial charge in [-0.3, -0.25) is 4.99 Å². The summed E-state index contributed by atoms with van der Waals surface area (Å²) >= 11 is 0. The smallest absolute Gasteiger partial charge is 0.0277 e. The van der Waals surface area contributed by atoms with Crippen LogP contribution in [0.3, 0.4) is 0 Å². The summed E-state index contributed by atoms with van der Waals surface area (Å²) in [6.07, 6.45) is 8.22. The molecule has 0 fully saturated rings. The van der Waals surface area contributed by atoms with Gasteiger partial charge in [0.15, 0.2) is 0 Å². The van der Waals surface area contributed by atoms with Crippen LogP contribution in [0.25, 0.3) is 11.6 Å². The first-order valence-electron chi connectivity index (χ1n) is 7.17. The quantitative estimate of drug-likeness (QED) is 0.483. The fourth-order valence-corrected chi connectivity index (χ4v) is 2.09. The van der Waals surface area contributed by atoms with E-state index in [9.17, 15) is 0 Å². The van der Waals surface area contributed by atoms with Crippen molar-refractivity contribution >= 4 is 17.9 Å². The summed E-state index contributed by atoms with van der Waals surface area (Å²) in [7, 11) is 1.80. The van der Waals surface area contributed by atoms with Gasteiger partial charge >= 0.3 is 0 Å². The van der Waals surface area contributed by atoms with Crippen molar-refractivity contribution in [2.45, 2.75) is 27.7 Å². The number of allylic oxidation sites excluding steroid dienone is 6. The molecule has 0 unspecified atom stereocenters. The van der Waals surface area contributed by atoms with Crippen molar-refractivity contribution < 1.29 is 0 Å². The second kappa shape index (κ2) is 8.21. The number of nitrogens with zero attached hydrogens (tertiary/aromatic N) is 1. The van der Waals surface area contributed by atoms with Gasteiger partial charge < -0.3 is 0 Å². The number of aliphatic imine (C=N–C) groups is 1. The normalized spacial score (nSPS) is 13.1. The van der Waals surface area contributed by atoms with Gasteiger partial charge in [0.1, 0.15) is 0 Å². The Labute approximate surface area is 129 Å². The molecule has 0 radical (unpaired) electrons. The molecular weight excluding hydrogens is 254 g/mol. The molecule has 1 nitrogen and oxygen atoms in total. The van der Waals surface area contributed by atoms with Crippen LogP contribution < -0.4 is 0 Å². The monoisotopic (exact) mass is 279 g/mol. The molecule has 0 heterocycles. The number of benzene rings is 1. The van der Waals surface area contributed by atoms with Gasteiger partial charge in [-0.15, -0.1) is 0 Å². The molecule has 0 amide bonds. The molecule has 1 rings (SSSR count). The van der Waals surface area contributed by atoms with Crippen molar-refractivity contribution in [1.82, 2.24) is 0 Å². The first kappa shape index (κ1) is 16.9. The standard InChI is InChI=1S/C20H25N/c1-7-18-10-8-9-11-20(18)19(12-15(2)3)13-16(4)17(5)14-21-6/h7-14H,1H2,2-6H3/b17-16+,19-13+,21-14?. The van der Waals surface area contributed by atoms with Crippen molar-refractivity contribution in [3.63, 3.8) is 0 Å². The Kier molecular flexibility index (Phi) is 6.61. The van der Waals surface area contributed by atoms with Crippen molar-refractivity contribution in [3.8, 4) is 0 Å². The summed E-state index contributed by atoms with van der Waals surface area (Å²) in [6.45, 7) is 12.3.